The second kappa shape index (κ2) is 8.70. The molecule has 0 saturated heterocycles. The van der Waals surface area contributed by atoms with Crippen molar-refractivity contribution < 1.29 is 36.9 Å². The SMILES string of the molecule is O=C(O)c1ccc(N/N=C\c2ccc(OC(F)F)cc2OC(F)F)cc1. The maximum atomic E-state index is 12.5. The van der Waals surface area contributed by atoms with Gasteiger partial charge in [-0.3, -0.25) is 5.43 Å². The van der Waals surface area contributed by atoms with Gasteiger partial charge in [-0.15, -0.1) is 0 Å². The molecule has 0 aliphatic rings. The summed E-state index contributed by atoms with van der Waals surface area (Å²) in [6, 6.07) is 8.86. The van der Waals surface area contributed by atoms with Crippen molar-refractivity contribution in [2.45, 2.75) is 13.2 Å². The monoisotopic (exact) mass is 372 g/mol. The fourth-order valence-corrected chi connectivity index (χ4v) is 1.86. The maximum Gasteiger partial charge on any atom is 0.387 e. The van der Waals surface area contributed by atoms with E-state index in [1.165, 1.54) is 30.3 Å². The summed E-state index contributed by atoms with van der Waals surface area (Å²) in [5.74, 6) is -1.82. The maximum absolute atomic E-state index is 12.5. The lowest BCUT2D eigenvalue weighted by Gasteiger charge is -2.10. The molecule has 0 amide bonds. The highest BCUT2D eigenvalue weighted by Crippen LogP contribution is 2.26. The molecule has 0 fully saturated rings. The minimum Gasteiger partial charge on any atom is -0.478 e. The third kappa shape index (κ3) is 5.65. The third-order valence-electron chi connectivity index (χ3n) is 2.96. The average Bonchev–Trinajstić information content (AvgIpc) is 2.56. The van der Waals surface area contributed by atoms with Crippen molar-refractivity contribution in [1.82, 2.24) is 0 Å². The van der Waals surface area contributed by atoms with Crippen LogP contribution >= 0.6 is 0 Å². The summed E-state index contributed by atoms with van der Waals surface area (Å²) < 4.78 is 57.7. The first-order valence-corrected chi connectivity index (χ1v) is 7.01. The van der Waals surface area contributed by atoms with Crippen LogP contribution in [0.2, 0.25) is 0 Å². The molecule has 26 heavy (non-hydrogen) atoms. The number of ether oxygens (including phenoxy) is 2. The summed E-state index contributed by atoms with van der Waals surface area (Å²) in [6.07, 6.45) is 1.13. The number of hydrogen-bond donors (Lipinski definition) is 2. The molecule has 2 N–H and O–H groups in total. The molecule has 2 rings (SSSR count). The summed E-state index contributed by atoms with van der Waals surface area (Å²) in [5, 5.41) is 12.6. The van der Waals surface area contributed by atoms with Crippen LogP contribution in [0.15, 0.2) is 47.6 Å². The van der Waals surface area contributed by atoms with Crippen molar-refractivity contribution in [1.29, 1.82) is 0 Å². The third-order valence-corrected chi connectivity index (χ3v) is 2.96. The topological polar surface area (TPSA) is 80.2 Å². The van der Waals surface area contributed by atoms with E-state index in [0.29, 0.717) is 5.69 Å². The van der Waals surface area contributed by atoms with Gasteiger partial charge in [0.15, 0.2) is 0 Å². The predicted molar refractivity (Wildman–Crippen MR) is 84.3 cm³/mol. The molecule has 10 heteroatoms. The molecule has 2 aromatic carbocycles. The Balaban J connectivity index is 2.13. The van der Waals surface area contributed by atoms with Crippen molar-refractivity contribution in [3.63, 3.8) is 0 Å². The van der Waals surface area contributed by atoms with Gasteiger partial charge in [-0.1, -0.05) is 0 Å². The normalized spacial score (nSPS) is 11.2. The zero-order valence-corrected chi connectivity index (χ0v) is 12.9. The van der Waals surface area contributed by atoms with Gasteiger partial charge in [0.05, 0.1) is 17.5 Å². The molecule has 0 aromatic heterocycles. The van der Waals surface area contributed by atoms with Gasteiger partial charge in [0.25, 0.3) is 0 Å². The van der Waals surface area contributed by atoms with E-state index in [9.17, 15) is 22.4 Å². The lowest BCUT2D eigenvalue weighted by Crippen LogP contribution is -2.07. The lowest BCUT2D eigenvalue weighted by atomic mass is 10.2. The number of benzene rings is 2. The molecule has 0 spiro atoms. The van der Waals surface area contributed by atoms with Gasteiger partial charge >= 0.3 is 19.2 Å². The van der Waals surface area contributed by atoms with E-state index in [2.05, 4.69) is 20.0 Å². The van der Waals surface area contributed by atoms with Gasteiger partial charge < -0.3 is 14.6 Å². The zero-order valence-electron chi connectivity index (χ0n) is 12.9. The molecule has 0 unspecified atom stereocenters. The number of halogens is 4. The Labute approximate surface area is 144 Å². The molecule has 0 aliphatic carbocycles. The van der Waals surface area contributed by atoms with Crippen molar-refractivity contribution in [2.75, 3.05) is 5.43 Å². The fourth-order valence-electron chi connectivity index (χ4n) is 1.86. The van der Waals surface area contributed by atoms with Gasteiger partial charge in [-0.2, -0.15) is 22.7 Å². The molecule has 0 atom stereocenters. The molecule has 0 bridgehead atoms. The smallest absolute Gasteiger partial charge is 0.387 e. The van der Waals surface area contributed by atoms with Crippen LogP contribution in [0.1, 0.15) is 15.9 Å². The Bertz CT molecular complexity index is 782. The molecular weight excluding hydrogens is 360 g/mol. The summed E-state index contributed by atoms with van der Waals surface area (Å²) in [4.78, 5) is 10.7. The first-order valence-electron chi connectivity index (χ1n) is 7.01. The van der Waals surface area contributed by atoms with Crippen LogP contribution in [0.3, 0.4) is 0 Å². The van der Waals surface area contributed by atoms with Gasteiger partial charge in [-0.25, -0.2) is 4.79 Å². The highest BCUT2D eigenvalue weighted by Gasteiger charge is 2.12. The molecule has 0 radical (unpaired) electrons. The zero-order chi connectivity index (χ0) is 19.1. The molecule has 138 valence electrons. The largest absolute Gasteiger partial charge is 0.478 e. The first kappa shape index (κ1) is 19.0. The summed E-state index contributed by atoms with van der Waals surface area (Å²) in [5.41, 5.74) is 3.18. The van der Waals surface area contributed by atoms with Crippen LogP contribution in [0.4, 0.5) is 23.2 Å². The number of nitrogens with zero attached hydrogens (tertiary/aromatic N) is 1. The first-order chi connectivity index (χ1) is 12.3. The number of carboxylic acid groups (broad SMARTS) is 1. The molecule has 0 heterocycles. The Morgan fingerprint density at radius 2 is 1.69 bits per heavy atom. The summed E-state index contributed by atoms with van der Waals surface area (Å²) in [7, 11) is 0. The summed E-state index contributed by atoms with van der Waals surface area (Å²) in [6.45, 7) is -6.27. The number of alkyl halides is 4. The van der Waals surface area contributed by atoms with Crippen molar-refractivity contribution >= 4 is 17.9 Å². The Morgan fingerprint density at radius 3 is 2.27 bits per heavy atom. The second-order valence-electron chi connectivity index (χ2n) is 4.71. The fraction of sp³-hybridized carbons (Fsp3) is 0.125. The van der Waals surface area contributed by atoms with Crippen LogP contribution < -0.4 is 14.9 Å². The highest BCUT2D eigenvalue weighted by molar-refractivity contribution is 5.88. The van der Waals surface area contributed by atoms with E-state index >= 15 is 0 Å². The Kier molecular flexibility index (Phi) is 6.36. The van der Waals surface area contributed by atoms with E-state index in [-0.39, 0.29) is 16.9 Å². The van der Waals surface area contributed by atoms with Crippen molar-refractivity contribution in [3.8, 4) is 11.5 Å². The van der Waals surface area contributed by atoms with Crippen LogP contribution in [0.5, 0.6) is 11.5 Å². The Hall–Kier alpha value is -3.30. The average molecular weight is 372 g/mol. The van der Waals surface area contributed by atoms with E-state index in [1.54, 1.807) is 0 Å². The van der Waals surface area contributed by atoms with Crippen molar-refractivity contribution in [3.05, 3.63) is 53.6 Å². The van der Waals surface area contributed by atoms with Crippen molar-refractivity contribution in [2.24, 2.45) is 5.10 Å². The highest BCUT2D eigenvalue weighted by atomic mass is 19.3. The van der Waals surface area contributed by atoms with E-state index in [1.807, 2.05) is 0 Å². The number of anilines is 1. The number of hydrogen-bond acceptors (Lipinski definition) is 5. The standard InChI is InChI=1S/C16H12F4N2O4/c17-15(18)25-12-6-3-10(13(7-12)26-16(19)20)8-21-22-11-4-1-9(2-5-11)14(23)24/h1-8,15-16,22H,(H,23,24)/b21-8-. The summed E-state index contributed by atoms with van der Waals surface area (Å²) >= 11 is 0. The van der Waals surface area contributed by atoms with E-state index in [4.69, 9.17) is 5.11 Å². The van der Waals surface area contributed by atoms with Gasteiger partial charge in [0.2, 0.25) is 0 Å². The second-order valence-corrected chi connectivity index (χ2v) is 4.71. The predicted octanol–water partition coefficient (Wildman–Crippen LogP) is 4.03. The van der Waals surface area contributed by atoms with E-state index < -0.39 is 24.9 Å². The molecule has 0 aliphatic heterocycles. The number of carbonyl (C=O) groups is 1. The quantitative estimate of drug-likeness (QED) is 0.415. The minimum absolute atomic E-state index is 0.0848. The Morgan fingerprint density at radius 1 is 1.04 bits per heavy atom. The molecule has 0 saturated carbocycles. The van der Waals surface area contributed by atoms with Gasteiger partial charge in [-0.05, 0) is 36.4 Å². The number of nitrogens with one attached hydrogen (secondary N) is 1. The van der Waals surface area contributed by atoms with Crippen LogP contribution in [-0.2, 0) is 0 Å². The van der Waals surface area contributed by atoms with E-state index in [0.717, 1.165) is 18.3 Å². The van der Waals surface area contributed by atoms with Crippen LogP contribution in [-0.4, -0.2) is 30.5 Å². The molecule has 2 aromatic rings. The van der Waals surface area contributed by atoms with Crippen LogP contribution in [0, 0.1) is 0 Å². The number of rotatable bonds is 8. The number of aromatic carboxylic acids is 1. The number of hydrazone groups is 1. The lowest BCUT2D eigenvalue weighted by molar-refractivity contribution is -0.0543. The van der Waals surface area contributed by atoms with Gasteiger partial charge in [0.1, 0.15) is 11.5 Å². The molecule has 6 nitrogen and oxygen atoms in total. The molecular formula is C16H12F4N2O4. The van der Waals surface area contributed by atoms with Crippen LogP contribution in [0.25, 0.3) is 0 Å². The number of carboxylic acids is 1. The van der Waals surface area contributed by atoms with Gasteiger partial charge in [0, 0.05) is 11.6 Å². The minimum atomic E-state index is -3.17.